The van der Waals surface area contributed by atoms with E-state index in [0.29, 0.717) is 11.4 Å². The van der Waals surface area contributed by atoms with E-state index in [1.54, 1.807) is 12.1 Å². The topological polar surface area (TPSA) is 97.4 Å². The largest absolute Gasteiger partial charge is 0.456 e. The Morgan fingerprint density at radius 3 is 2.72 bits per heavy atom. The fraction of sp³-hybridized carbons (Fsp3) is 0.526. The van der Waals surface area contributed by atoms with Crippen LogP contribution in [0.15, 0.2) is 18.2 Å². The third-order valence-electron chi connectivity index (χ3n) is 5.26. The molecule has 4 rings (SSSR count). The second-order valence-electron chi connectivity index (χ2n) is 7.69. The Balaban J connectivity index is 1.31. The Labute approximate surface area is 166 Å². The first-order valence-corrected chi connectivity index (χ1v) is 9.36. The van der Waals surface area contributed by atoms with Crippen LogP contribution in [0.4, 0.5) is 20.6 Å². The third kappa shape index (κ3) is 3.98. The summed E-state index contributed by atoms with van der Waals surface area (Å²) in [6.45, 7) is 4.04. The molecule has 0 aromatic heterocycles. The average molecular weight is 407 g/mol. The van der Waals surface area contributed by atoms with Crippen LogP contribution in [0.1, 0.15) is 6.92 Å². The lowest BCUT2D eigenvalue weighted by molar-refractivity contribution is -0.146. The van der Waals surface area contributed by atoms with Gasteiger partial charge in [0.15, 0.2) is 6.61 Å². The molecule has 0 unspecified atom stereocenters. The first-order valence-electron chi connectivity index (χ1n) is 9.36. The molecule has 156 valence electrons. The number of hydrogen-bond acceptors (Lipinski definition) is 7. The van der Waals surface area contributed by atoms with Gasteiger partial charge in [-0.1, -0.05) is 0 Å². The molecule has 0 bridgehead atoms. The summed E-state index contributed by atoms with van der Waals surface area (Å²) in [5.74, 6) is -1.45. The number of cyclic esters (lactones) is 1. The molecule has 1 spiro atoms. The minimum Gasteiger partial charge on any atom is -0.456 e. The summed E-state index contributed by atoms with van der Waals surface area (Å²) in [6, 6.07) is 4.67. The molecule has 29 heavy (non-hydrogen) atoms. The molecule has 0 radical (unpaired) electrons. The van der Waals surface area contributed by atoms with Gasteiger partial charge in [0.1, 0.15) is 11.9 Å². The Morgan fingerprint density at radius 1 is 1.34 bits per heavy atom. The van der Waals surface area contributed by atoms with Crippen LogP contribution in [0.25, 0.3) is 0 Å². The smallest absolute Gasteiger partial charge is 0.414 e. The number of nitrogens with zero attached hydrogens (tertiary/aromatic N) is 2. The summed E-state index contributed by atoms with van der Waals surface area (Å²) in [4.78, 5) is 37.7. The van der Waals surface area contributed by atoms with Gasteiger partial charge in [0.05, 0.1) is 43.1 Å². The van der Waals surface area contributed by atoms with E-state index in [-0.39, 0.29) is 18.5 Å². The highest BCUT2D eigenvalue weighted by Crippen LogP contribution is 2.41. The van der Waals surface area contributed by atoms with E-state index < -0.39 is 36.5 Å². The second kappa shape index (κ2) is 7.51. The van der Waals surface area contributed by atoms with Gasteiger partial charge in [-0.05, 0) is 18.2 Å². The molecule has 3 saturated heterocycles. The normalized spacial score (nSPS) is 22.0. The summed E-state index contributed by atoms with van der Waals surface area (Å²) >= 11 is 0. The molecule has 3 heterocycles. The molecular formula is C19H22FN3O6. The van der Waals surface area contributed by atoms with Crippen LogP contribution >= 0.6 is 0 Å². The van der Waals surface area contributed by atoms with E-state index in [9.17, 15) is 18.8 Å². The number of carbonyl (C=O) groups is 3. The van der Waals surface area contributed by atoms with E-state index in [0.717, 1.165) is 26.3 Å². The van der Waals surface area contributed by atoms with Crippen LogP contribution in [0.2, 0.25) is 0 Å². The average Bonchev–Trinajstić information content (AvgIpc) is 2.97. The van der Waals surface area contributed by atoms with Crippen molar-refractivity contribution < 1.29 is 33.0 Å². The summed E-state index contributed by atoms with van der Waals surface area (Å²) in [6.07, 6.45) is -1.19. The number of hydrogen-bond donors (Lipinski definition) is 1. The Hall–Kier alpha value is -2.88. The van der Waals surface area contributed by atoms with Crippen molar-refractivity contribution in [1.29, 1.82) is 0 Å². The molecule has 1 aromatic carbocycles. The van der Waals surface area contributed by atoms with E-state index in [2.05, 4.69) is 10.1 Å². The maximum absolute atomic E-state index is 14.6. The van der Waals surface area contributed by atoms with Gasteiger partial charge in [0, 0.05) is 20.0 Å². The van der Waals surface area contributed by atoms with Crippen molar-refractivity contribution in [3.05, 3.63) is 24.0 Å². The second-order valence-corrected chi connectivity index (χ2v) is 7.69. The van der Waals surface area contributed by atoms with Crippen LogP contribution < -0.4 is 15.1 Å². The summed E-state index contributed by atoms with van der Waals surface area (Å²) in [5, 5.41) is 2.53. The first-order chi connectivity index (χ1) is 13.8. The predicted molar refractivity (Wildman–Crippen MR) is 99.1 cm³/mol. The molecule has 3 aliphatic rings. The van der Waals surface area contributed by atoms with E-state index in [4.69, 9.17) is 9.47 Å². The summed E-state index contributed by atoms with van der Waals surface area (Å²) in [5.41, 5.74) is 1.08. The third-order valence-corrected chi connectivity index (χ3v) is 5.26. The fourth-order valence-corrected chi connectivity index (χ4v) is 3.71. The molecule has 9 nitrogen and oxygen atoms in total. The Morgan fingerprint density at radius 2 is 2.10 bits per heavy atom. The lowest BCUT2D eigenvalue weighted by Gasteiger charge is -2.56. The fourth-order valence-electron chi connectivity index (χ4n) is 3.71. The van der Waals surface area contributed by atoms with Gasteiger partial charge in [0.2, 0.25) is 0 Å². The van der Waals surface area contributed by atoms with Crippen molar-refractivity contribution in [2.45, 2.75) is 13.0 Å². The highest BCUT2D eigenvalue weighted by Gasteiger charge is 2.49. The van der Waals surface area contributed by atoms with Crippen molar-refractivity contribution in [3.8, 4) is 0 Å². The quantitative estimate of drug-likeness (QED) is 0.692. The maximum atomic E-state index is 14.6. The molecule has 10 heteroatoms. The predicted octanol–water partition coefficient (Wildman–Crippen LogP) is 0.667. The maximum Gasteiger partial charge on any atom is 0.414 e. The van der Waals surface area contributed by atoms with Gasteiger partial charge < -0.3 is 24.4 Å². The van der Waals surface area contributed by atoms with Crippen LogP contribution in [0, 0.1) is 11.2 Å². The number of carbonyl (C=O) groups excluding carboxylic acids is 3. The van der Waals surface area contributed by atoms with Gasteiger partial charge in [0.25, 0.3) is 5.91 Å². The van der Waals surface area contributed by atoms with E-state index in [1.165, 1.54) is 17.9 Å². The van der Waals surface area contributed by atoms with Crippen LogP contribution in [-0.4, -0.2) is 70.1 Å². The standard InChI is InChI=1S/C19H22FN3O6/c1-12(24)28-7-17(25)21-5-14-6-23(18(26)29-14)13-2-3-16(15(20)4-13)22-8-19(9-22)10-27-11-19/h2-4,14H,5-11H2,1H3,(H,21,25)/t14-/m0/s1. The molecule has 1 aromatic rings. The number of rotatable bonds is 6. The van der Waals surface area contributed by atoms with Crippen molar-refractivity contribution in [2.75, 3.05) is 55.8 Å². The van der Waals surface area contributed by atoms with Crippen LogP contribution in [-0.2, 0) is 23.8 Å². The highest BCUT2D eigenvalue weighted by molar-refractivity contribution is 5.90. The zero-order chi connectivity index (χ0) is 20.6. The van der Waals surface area contributed by atoms with Gasteiger partial charge in [-0.2, -0.15) is 0 Å². The minimum atomic E-state index is -0.606. The van der Waals surface area contributed by atoms with Crippen molar-refractivity contribution in [3.63, 3.8) is 0 Å². The van der Waals surface area contributed by atoms with Crippen molar-refractivity contribution >= 4 is 29.3 Å². The molecule has 2 amide bonds. The van der Waals surface area contributed by atoms with Gasteiger partial charge in [-0.15, -0.1) is 0 Å². The van der Waals surface area contributed by atoms with Crippen molar-refractivity contribution in [1.82, 2.24) is 5.32 Å². The van der Waals surface area contributed by atoms with Gasteiger partial charge in [-0.25, -0.2) is 9.18 Å². The van der Waals surface area contributed by atoms with Crippen LogP contribution in [0.3, 0.4) is 0 Å². The minimum absolute atomic E-state index is 0.0703. The van der Waals surface area contributed by atoms with E-state index in [1.807, 2.05) is 4.90 Å². The highest BCUT2D eigenvalue weighted by atomic mass is 19.1. The Bertz CT molecular complexity index is 835. The molecule has 1 N–H and O–H groups in total. The van der Waals surface area contributed by atoms with E-state index >= 15 is 0 Å². The zero-order valence-electron chi connectivity index (χ0n) is 16.0. The number of ether oxygens (including phenoxy) is 3. The summed E-state index contributed by atoms with van der Waals surface area (Å²) < 4.78 is 29.7. The number of nitrogens with one attached hydrogen (secondary N) is 1. The van der Waals surface area contributed by atoms with Gasteiger partial charge in [-0.3, -0.25) is 14.5 Å². The van der Waals surface area contributed by atoms with Crippen LogP contribution in [0.5, 0.6) is 0 Å². The first kappa shape index (κ1) is 19.4. The van der Waals surface area contributed by atoms with Crippen molar-refractivity contribution in [2.24, 2.45) is 5.41 Å². The number of halogens is 1. The Kier molecular flexibility index (Phi) is 5.03. The lowest BCUT2D eigenvalue weighted by Crippen LogP contribution is -2.66. The summed E-state index contributed by atoms with van der Waals surface area (Å²) in [7, 11) is 0. The van der Waals surface area contributed by atoms with Gasteiger partial charge >= 0.3 is 12.1 Å². The molecule has 3 fully saturated rings. The molecular weight excluding hydrogens is 385 g/mol. The molecule has 1 atom stereocenters. The molecule has 0 aliphatic carbocycles. The number of benzene rings is 1. The molecule has 0 saturated carbocycles. The lowest BCUT2D eigenvalue weighted by atomic mass is 9.78. The SMILES string of the molecule is CC(=O)OCC(=O)NC[C@H]1CN(c2ccc(N3CC4(COC4)C3)c(F)c2)C(=O)O1. The number of esters is 1. The zero-order valence-corrected chi connectivity index (χ0v) is 16.0. The number of anilines is 2. The monoisotopic (exact) mass is 407 g/mol. The molecule has 3 aliphatic heterocycles. The number of amides is 2.